The fourth-order valence-electron chi connectivity index (χ4n) is 3.10. The van der Waals surface area contributed by atoms with Gasteiger partial charge < -0.3 is 4.42 Å². The van der Waals surface area contributed by atoms with Crippen molar-refractivity contribution in [3.63, 3.8) is 0 Å². The first kappa shape index (κ1) is 18.5. The maximum Gasteiger partial charge on any atom is 0.322 e. The number of aromatic nitrogens is 2. The molecule has 1 aliphatic rings. The predicted octanol–water partition coefficient (Wildman–Crippen LogP) is 2.11. The normalized spacial score (nSPS) is 18.7. The van der Waals surface area contributed by atoms with E-state index in [0.29, 0.717) is 18.9 Å². The molecule has 1 saturated heterocycles. The molecule has 2 heterocycles. The molecule has 1 atom stereocenters. The molecule has 0 radical (unpaired) electrons. The minimum atomic E-state index is -3.45. The first-order valence-corrected chi connectivity index (χ1v) is 10.3. The summed E-state index contributed by atoms with van der Waals surface area (Å²) in [6.07, 6.45) is 3.12. The van der Waals surface area contributed by atoms with Gasteiger partial charge in [0, 0.05) is 12.1 Å². The van der Waals surface area contributed by atoms with Crippen LogP contribution in [0.5, 0.6) is 0 Å². The van der Waals surface area contributed by atoms with Crippen LogP contribution in [0, 0.1) is 13.8 Å². The Morgan fingerprint density at radius 2 is 2.04 bits per heavy atom. The highest BCUT2D eigenvalue weighted by molar-refractivity contribution is 7.88. The van der Waals surface area contributed by atoms with Crippen LogP contribution in [-0.4, -0.2) is 47.7 Å². The van der Waals surface area contributed by atoms with E-state index in [1.807, 2.05) is 32.0 Å². The number of aryl methyl sites for hydroxylation is 2. The standard InChI is InChI=1S/C17H22N4O4S/c1-11-7-8-12(2)13(10-11)16-19-20-17(25-16)18-15(22)14-6-4-5-9-21(14)26(3,23)24/h7-8,10,14H,4-6,9H2,1-3H3,(H,18,20,22). The van der Waals surface area contributed by atoms with Crippen LogP contribution in [0.15, 0.2) is 22.6 Å². The van der Waals surface area contributed by atoms with Crippen molar-refractivity contribution in [1.29, 1.82) is 0 Å². The average molecular weight is 378 g/mol. The number of rotatable bonds is 4. The van der Waals surface area contributed by atoms with E-state index in [2.05, 4.69) is 15.5 Å². The van der Waals surface area contributed by atoms with Crippen molar-refractivity contribution in [3.8, 4) is 11.5 Å². The number of nitrogens with one attached hydrogen (secondary N) is 1. The maximum absolute atomic E-state index is 12.5. The summed E-state index contributed by atoms with van der Waals surface area (Å²) in [5.74, 6) is -0.142. The second-order valence-electron chi connectivity index (χ2n) is 6.61. The Bertz CT molecular complexity index is 923. The van der Waals surface area contributed by atoms with Gasteiger partial charge in [0.1, 0.15) is 6.04 Å². The van der Waals surface area contributed by atoms with Gasteiger partial charge in [-0.3, -0.25) is 10.1 Å². The zero-order valence-corrected chi connectivity index (χ0v) is 15.8. The lowest BCUT2D eigenvalue weighted by atomic mass is 10.0. The van der Waals surface area contributed by atoms with Crippen LogP contribution in [0.4, 0.5) is 6.01 Å². The maximum atomic E-state index is 12.5. The zero-order valence-electron chi connectivity index (χ0n) is 15.0. The minimum absolute atomic E-state index is 0.0371. The number of carbonyl (C=O) groups excluding carboxylic acids is 1. The molecule has 1 aromatic heterocycles. The molecule has 1 fully saturated rings. The van der Waals surface area contributed by atoms with Crippen molar-refractivity contribution in [2.45, 2.75) is 39.2 Å². The fraction of sp³-hybridized carbons (Fsp3) is 0.471. The summed E-state index contributed by atoms with van der Waals surface area (Å²) in [5, 5.41) is 10.4. The second-order valence-corrected chi connectivity index (χ2v) is 8.54. The number of nitrogens with zero attached hydrogens (tertiary/aromatic N) is 3. The van der Waals surface area contributed by atoms with Crippen LogP contribution in [0.3, 0.4) is 0 Å². The smallest absolute Gasteiger partial charge is 0.322 e. The Labute approximate surface area is 152 Å². The molecule has 8 nitrogen and oxygen atoms in total. The highest BCUT2D eigenvalue weighted by Gasteiger charge is 2.35. The van der Waals surface area contributed by atoms with Gasteiger partial charge in [-0.25, -0.2) is 8.42 Å². The van der Waals surface area contributed by atoms with Crippen molar-refractivity contribution >= 4 is 21.9 Å². The predicted molar refractivity (Wildman–Crippen MR) is 97.0 cm³/mol. The van der Waals surface area contributed by atoms with E-state index in [-0.39, 0.29) is 6.01 Å². The average Bonchev–Trinajstić information content (AvgIpc) is 3.04. The molecule has 140 valence electrons. The Balaban J connectivity index is 1.78. The summed E-state index contributed by atoms with van der Waals surface area (Å²) in [6, 6.07) is 5.08. The Morgan fingerprint density at radius 1 is 1.27 bits per heavy atom. The Kier molecular flexibility index (Phi) is 5.10. The van der Waals surface area contributed by atoms with Gasteiger partial charge in [0.25, 0.3) is 0 Å². The molecule has 3 rings (SSSR count). The van der Waals surface area contributed by atoms with Crippen LogP contribution in [0.25, 0.3) is 11.5 Å². The highest BCUT2D eigenvalue weighted by atomic mass is 32.2. The van der Waals surface area contributed by atoms with Gasteiger partial charge >= 0.3 is 6.01 Å². The lowest BCUT2D eigenvalue weighted by Gasteiger charge is -2.32. The monoisotopic (exact) mass is 378 g/mol. The van der Waals surface area contributed by atoms with Gasteiger partial charge in [-0.1, -0.05) is 29.2 Å². The van der Waals surface area contributed by atoms with Crippen molar-refractivity contribution < 1.29 is 17.6 Å². The summed E-state index contributed by atoms with van der Waals surface area (Å²) in [7, 11) is -3.45. The molecule has 1 aliphatic heterocycles. The topological polar surface area (TPSA) is 105 Å². The summed E-state index contributed by atoms with van der Waals surface area (Å²) in [6.45, 7) is 4.24. The molecule has 26 heavy (non-hydrogen) atoms. The van der Waals surface area contributed by atoms with E-state index in [1.54, 1.807) is 0 Å². The number of anilines is 1. The number of benzene rings is 1. The zero-order chi connectivity index (χ0) is 18.9. The molecule has 0 spiro atoms. The van der Waals surface area contributed by atoms with Crippen molar-refractivity contribution in [2.24, 2.45) is 0 Å². The van der Waals surface area contributed by atoms with E-state index < -0.39 is 22.0 Å². The molecule has 9 heteroatoms. The van der Waals surface area contributed by atoms with Gasteiger partial charge in [0.15, 0.2) is 0 Å². The van der Waals surface area contributed by atoms with Gasteiger partial charge in [-0.15, -0.1) is 5.10 Å². The highest BCUT2D eigenvalue weighted by Crippen LogP contribution is 2.25. The van der Waals surface area contributed by atoms with E-state index in [0.717, 1.165) is 35.8 Å². The molecule has 1 aromatic carbocycles. The van der Waals surface area contributed by atoms with Crippen molar-refractivity contribution in [3.05, 3.63) is 29.3 Å². The largest absolute Gasteiger partial charge is 0.403 e. The Morgan fingerprint density at radius 3 is 2.77 bits per heavy atom. The number of amides is 1. The number of sulfonamides is 1. The van der Waals surface area contributed by atoms with Crippen LogP contribution in [-0.2, 0) is 14.8 Å². The van der Waals surface area contributed by atoms with E-state index in [9.17, 15) is 13.2 Å². The van der Waals surface area contributed by atoms with Crippen LogP contribution in [0.1, 0.15) is 30.4 Å². The van der Waals surface area contributed by atoms with Crippen molar-refractivity contribution in [2.75, 3.05) is 18.1 Å². The van der Waals surface area contributed by atoms with Crippen molar-refractivity contribution in [1.82, 2.24) is 14.5 Å². The number of carbonyl (C=O) groups is 1. The molecule has 1 N–H and O–H groups in total. The molecular formula is C17H22N4O4S. The summed E-state index contributed by atoms with van der Waals surface area (Å²) < 4.78 is 30.6. The first-order valence-electron chi connectivity index (χ1n) is 8.44. The number of hydrogen-bond donors (Lipinski definition) is 1. The van der Waals surface area contributed by atoms with Gasteiger partial charge in [-0.05, 0) is 38.3 Å². The Hall–Kier alpha value is -2.26. The quantitative estimate of drug-likeness (QED) is 0.873. The minimum Gasteiger partial charge on any atom is -0.403 e. The summed E-state index contributed by atoms with van der Waals surface area (Å²) in [5.41, 5.74) is 2.83. The SMILES string of the molecule is Cc1ccc(C)c(-c2nnc(NC(=O)C3CCCCN3S(C)(=O)=O)o2)c1. The third-order valence-electron chi connectivity index (χ3n) is 4.46. The summed E-state index contributed by atoms with van der Waals surface area (Å²) >= 11 is 0. The third kappa shape index (κ3) is 3.94. The molecule has 1 amide bonds. The van der Waals surface area contributed by atoms with Crippen LogP contribution < -0.4 is 5.32 Å². The van der Waals surface area contributed by atoms with E-state index >= 15 is 0 Å². The van der Waals surface area contributed by atoms with Gasteiger partial charge in [0.2, 0.25) is 21.8 Å². The molecule has 2 aromatic rings. The molecule has 0 bridgehead atoms. The van der Waals surface area contributed by atoms with Crippen LogP contribution in [0.2, 0.25) is 0 Å². The number of piperidine rings is 1. The molecule has 1 unspecified atom stereocenters. The third-order valence-corrected chi connectivity index (χ3v) is 5.75. The van der Waals surface area contributed by atoms with Gasteiger partial charge in [0.05, 0.1) is 6.26 Å². The second kappa shape index (κ2) is 7.16. The molecule has 0 saturated carbocycles. The summed E-state index contributed by atoms with van der Waals surface area (Å²) in [4.78, 5) is 12.5. The number of hydrogen-bond acceptors (Lipinski definition) is 6. The lowest BCUT2D eigenvalue weighted by Crippen LogP contribution is -2.49. The van der Waals surface area contributed by atoms with E-state index in [4.69, 9.17) is 4.42 Å². The molecular weight excluding hydrogens is 356 g/mol. The van der Waals surface area contributed by atoms with Gasteiger partial charge in [-0.2, -0.15) is 4.31 Å². The fourth-order valence-corrected chi connectivity index (χ4v) is 4.23. The van der Waals surface area contributed by atoms with Crippen LogP contribution >= 0.6 is 0 Å². The van der Waals surface area contributed by atoms with E-state index in [1.165, 1.54) is 4.31 Å². The molecule has 0 aliphatic carbocycles. The first-order chi connectivity index (χ1) is 12.3. The lowest BCUT2D eigenvalue weighted by molar-refractivity contribution is -0.120.